The van der Waals surface area contributed by atoms with Crippen LogP contribution in [-0.2, 0) is 19.3 Å². The molecule has 0 fully saturated rings. The number of carbonyl (C=O) groups is 1. The molecule has 0 spiro atoms. The zero-order valence-corrected chi connectivity index (χ0v) is 18.6. The molecule has 4 aromatic rings. The molecule has 0 bridgehead atoms. The third-order valence-corrected chi connectivity index (χ3v) is 5.42. The Labute approximate surface area is 194 Å². The smallest absolute Gasteiger partial charge is 0.350 e. The molecular formula is C22H17BrF3N5O2. The van der Waals surface area contributed by atoms with E-state index in [1.165, 1.54) is 33.9 Å². The van der Waals surface area contributed by atoms with E-state index in [9.17, 15) is 22.8 Å². The van der Waals surface area contributed by atoms with E-state index >= 15 is 0 Å². The molecule has 11 heteroatoms. The maximum absolute atomic E-state index is 12.9. The van der Waals surface area contributed by atoms with Crippen LogP contribution >= 0.6 is 15.9 Å². The van der Waals surface area contributed by atoms with Crippen molar-refractivity contribution in [3.8, 4) is 0 Å². The number of amides is 1. The third-order valence-electron chi connectivity index (χ3n) is 4.93. The number of benzene rings is 2. The number of alkyl halides is 3. The second-order valence-electron chi connectivity index (χ2n) is 7.25. The standard InChI is InChI=1S/C22H17BrF3N5O2/c23-17-6-2-4-15(10-17)20(32)27-7-8-31-19-18(11-29-31)21(33)30(13-28-19)12-14-3-1-5-16(9-14)22(24,25)26/h1-6,9-11,13H,7-8,12H2,(H,27,32). The van der Waals surface area contributed by atoms with Gasteiger partial charge in [-0.2, -0.15) is 18.3 Å². The van der Waals surface area contributed by atoms with Crippen molar-refractivity contribution in [2.24, 2.45) is 0 Å². The van der Waals surface area contributed by atoms with E-state index in [0.717, 1.165) is 16.6 Å². The molecular weight excluding hydrogens is 503 g/mol. The molecule has 7 nitrogen and oxygen atoms in total. The molecule has 2 aromatic carbocycles. The highest BCUT2D eigenvalue weighted by molar-refractivity contribution is 9.10. The lowest BCUT2D eigenvalue weighted by Gasteiger charge is -2.10. The van der Waals surface area contributed by atoms with Gasteiger partial charge in [0.1, 0.15) is 11.7 Å². The molecule has 33 heavy (non-hydrogen) atoms. The number of carbonyl (C=O) groups excluding carboxylic acids is 1. The van der Waals surface area contributed by atoms with Gasteiger partial charge in [0.15, 0.2) is 5.65 Å². The molecule has 0 saturated heterocycles. The van der Waals surface area contributed by atoms with Gasteiger partial charge < -0.3 is 5.32 Å². The second kappa shape index (κ2) is 9.18. The summed E-state index contributed by atoms with van der Waals surface area (Å²) in [6, 6.07) is 11.8. The van der Waals surface area contributed by atoms with Crippen LogP contribution < -0.4 is 10.9 Å². The Balaban J connectivity index is 1.47. The summed E-state index contributed by atoms with van der Waals surface area (Å²) in [5.74, 6) is -0.246. The molecule has 170 valence electrons. The van der Waals surface area contributed by atoms with E-state index in [-0.39, 0.29) is 30.9 Å². The van der Waals surface area contributed by atoms with Gasteiger partial charge in [0, 0.05) is 16.6 Å². The maximum atomic E-state index is 12.9. The first kappa shape index (κ1) is 22.7. The quantitative estimate of drug-likeness (QED) is 0.419. The van der Waals surface area contributed by atoms with Crippen LogP contribution in [0.15, 0.2) is 70.3 Å². The Morgan fingerprint density at radius 3 is 2.67 bits per heavy atom. The van der Waals surface area contributed by atoms with Crippen molar-refractivity contribution in [2.75, 3.05) is 6.54 Å². The van der Waals surface area contributed by atoms with Crippen molar-refractivity contribution >= 4 is 32.9 Å². The molecule has 0 unspecified atom stereocenters. The first-order chi connectivity index (χ1) is 15.7. The van der Waals surface area contributed by atoms with Gasteiger partial charge in [0.2, 0.25) is 0 Å². The molecule has 0 aliphatic carbocycles. The maximum Gasteiger partial charge on any atom is 0.416 e. The van der Waals surface area contributed by atoms with Gasteiger partial charge in [-0.05, 0) is 35.9 Å². The number of aromatic nitrogens is 4. The number of nitrogens with zero attached hydrogens (tertiary/aromatic N) is 4. The van der Waals surface area contributed by atoms with Crippen LogP contribution in [0, 0.1) is 0 Å². The lowest BCUT2D eigenvalue weighted by atomic mass is 10.1. The van der Waals surface area contributed by atoms with E-state index < -0.39 is 17.3 Å². The van der Waals surface area contributed by atoms with E-state index in [4.69, 9.17) is 0 Å². The Hall–Kier alpha value is -3.47. The highest BCUT2D eigenvalue weighted by Crippen LogP contribution is 2.29. The van der Waals surface area contributed by atoms with E-state index in [1.54, 1.807) is 18.2 Å². The predicted octanol–water partition coefficient (Wildman–Crippen LogP) is 3.85. The highest BCUT2D eigenvalue weighted by Gasteiger charge is 2.30. The fraction of sp³-hybridized carbons (Fsp3) is 0.182. The molecule has 0 aliphatic heterocycles. The SMILES string of the molecule is O=C(NCCn1ncc2c(=O)n(Cc3cccc(C(F)(F)F)c3)cnc21)c1cccc(Br)c1. The molecule has 2 aromatic heterocycles. The molecule has 1 amide bonds. The Morgan fingerprint density at radius 1 is 1.12 bits per heavy atom. The summed E-state index contributed by atoms with van der Waals surface area (Å²) in [6.07, 6.45) is -1.82. The number of fused-ring (bicyclic) bond motifs is 1. The molecule has 0 atom stereocenters. The Kier molecular flexibility index (Phi) is 6.32. The van der Waals surface area contributed by atoms with Crippen LogP contribution in [0.25, 0.3) is 11.0 Å². The second-order valence-corrected chi connectivity index (χ2v) is 8.16. The first-order valence-electron chi connectivity index (χ1n) is 9.83. The van der Waals surface area contributed by atoms with Crippen molar-refractivity contribution in [1.82, 2.24) is 24.6 Å². The lowest BCUT2D eigenvalue weighted by Crippen LogP contribution is -2.27. The Morgan fingerprint density at radius 2 is 1.91 bits per heavy atom. The minimum atomic E-state index is -4.46. The summed E-state index contributed by atoms with van der Waals surface area (Å²) >= 11 is 3.32. The summed E-state index contributed by atoms with van der Waals surface area (Å²) in [5, 5.41) is 7.19. The van der Waals surface area contributed by atoms with Gasteiger partial charge in [-0.25, -0.2) is 9.67 Å². The zero-order chi connectivity index (χ0) is 23.6. The lowest BCUT2D eigenvalue weighted by molar-refractivity contribution is -0.137. The van der Waals surface area contributed by atoms with Crippen molar-refractivity contribution in [2.45, 2.75) is 19.3 Å². The number of hydrogen-bond donors (Lipinski definition) is 1. The fourth-order valence-electron chi connectivity index (χ4n) is 3.32. The molecule has 2 heterocycles. The normalized spacial score (nSPS) is 11.6. The average Bonchev–Trinajstić information content (AvgIpc) is 3.19. The third kappa shape index (κ3) is 5.14. The van der Waals surface area contributed by atoms with Crippen LogP contribution in [0.5, 0.6) is 0 Å². The minimum absolute atomic E-state index is 0.0560. The number of rotatable bonds is 6. The molecule has 0 aliphatic rings. The largest absolute Gasteiger partial charge is 0.416 e. The number of hydrogen-bond acceptors (Lipinski definition) is 4. The van der Waals surface area contributed by atoms with Crippen LogP contribution in [0.4, 0.5) is 13.2 Å². The number of halogens is 4. The first-order valence-corrected chi connectivity index (χ1v) is 10.6. The van der Waals surface area contributed by atoms with Gasteiger partial charge in [-0.1, -0.05) is 34.1 Å². The molecule has 0 saturated carbocycles. The molecule has 4 rings (SSSR count). The summed E-state index contributed by atoms with van der Waals surface area (Å²) in [5.41, 5.74) is -0.0281. The van der Waals surface area contributed by atoms with Crippen LogP contribution in [0.2, 0.25) is 0 Å². The molecule has 0 radical (unpaired) electrons. The van der Waals surface area contributed by atoms with Crippen LogP contribution in [0.1, 0.15) is 21.5 Å². The van der Waals surface area contributed by atoms with Crippen molar-refractivity contribution in [3.63, 3.8) is 0 Å². The Bertz CT molecular complexity index is 1380. The highest BCUT2D eigenvalue weighted by atomic mass is 79.9. The van der Waals surface area contributed by atoms with Gasteiger partial charge in [0.25, 0.3) is 11.5 Å². The molecule has 1 N–H and O–H groups in total. The summed E-state index contributed by atoms with van der Waals surface area (Å²) in [7, 11) is 0. The summed E-state index contributed by atoms with van der Waals surface area (Å²) in [4.78, 5) is 29.3. The minimum Gasteiger partial charge on any atom is -0.350 e. The van der Waals surface area contributed by atoms with Crippen molar-refractivity contribution < 1.29 is 18.0 Å². The fourth-order valence-corrected chi connectivity index (χ4v) is 3.72. The van der Waals surface area contributed by atoms with Crippen molar-refractivity contribution in [1.29, 1.82) is 0 Å². The van der Waals surface area contributed by atoms with Gasteiger partial charge in [-0.15, -0.1) is 0 Å². The predicted molar refractivity (Wildman–Crippen MR) is 119 cm³/mol. The van der Waals surface area contributed by atoms with E-state index in [0.29, 0.717) is 16.8 Å². The van der Waals surface area contributed by atoms with Gasteiger partial charge in [0.05, 0.1) is 24.8 Å². The van der Waals surface area contributed by atoms with E-state index in [2.05, 4.69) is 31.3 Å². The van der Waals surface area contributed by atoms with Crippen LogP contribution in [-0.4, -0.2) is 31.8 Å². The van der Waals surface area contributed by atoms with Gasteiger partial charge in [-0.3, -0.25) is 14.2 Å². The monoisotopic (exact) mass is 519 g/mol. The topological polar surface area (TPSA) is 81.8 Å². The summed E-state index contributed by atoms with van der Waals surface area (Å²) in [6.45, 7) is 0.490. The number of nitrogens with one attached hydrogen (secondary N) is 1. The van der Waals surface area contributed by atoms with Crippen molar-refractivity contribution in [3.05, 3.63) is 92.6 Å². The van der Waals surface area contributed by atoms with Gasteiger partial charge >= 0.3 is 6.18 Å². The average molecular weight is 520 g/mol. The van der Waals surface area contributed by atoms with E-state index in [1.807, 2.05) is 6.07 Å². The van der Waals surface area contributed by atoms with Crippen LogP contribution in [0.3, 0.4) is 0 Å². The zero-order valence-electron chi connectivity index (χ0n) is 17.0. The summed E-state index contributed by atoms with van der Waals surface area (Å²) < 4.78 is 42.3.